The van der Waals surface area contributed by atoms with Gasteiger partial charge in [-0.05, 0) is 62.2 Å². The van der Waals surface area contributed by atoms with Gasteiger partial charge in [-0.1, -0.05) is 0 Å². The van der Waals surface area contributed by atoms with Gasteiger partial charge in [0.1, 0.15) is 11.4 Å². The van der Waals surface area contributed by atoms with Crippen LogP contribution in [0.15, 0.2) is 48.7 Å². The molecule has 1 aliphatic rings. The highest BCUT2D eigenvalue weighted by Gasteiger charge is 2.28. The number of fused-ring (bicyclic) bond motifs is 2. The average Bonchev–Trinajstić information content (AvgIpc) is 3.35. The van der Waals surface area contributed by atoms with Crippen LogP contribution in [0.1, 0.15) is 41.9 Å². The number of pyridine rings is 1. The van der Waals surface area contributed by atoms with Gasteiger partial charge in [0.25, 0.3) is 5.91 Å². The van der Waals surface area contributed by atoms with Gasteiger partial charge >= 0.3 is 0 Å². The number of carbonyl (C=O) groups is 1. The molecule has 5 rings (SSSR count). The molecule has 1 amide bonds. The predicted octanol–water partition coefficient (Wildman–Crippen LogP) is 4.47. The zero-order valence-electron chi connectivity index (χ0n) is 17.4. The zero-order valence-corrected chi connectivity index (χ0v) is 17.4. The monoisotopic (exact) mass is 402 g/mol. The third-order valence-electron chi connectivity index (χ3n) is 6.10. The van der Waals surface area contributed by atoms with Crippen LogP contribution in [0.2, 0.25) is 0 Å². The smallest absolute Gasteiger partial charge is 0.270 e. The number of hydrogen-bond acceptors (Lipinski definition) is 3. The Labute approximate surface area is 175 Å². The Balaban J connectivity index is 1.40. The number of aromatic amines is 1. The number of nitrogens with zero attached hydrogens (tertiary/aromatic N) is 3. The normalized spacial score (nSPS) is 17.0. The molecule has 1 fully saturated rings. The summed E-state index contributed by atoms with van der Waals surface area (Å²) in [5.41, 5.74) is 4.96. The molecule has 6 nitrogen and oxygen atoms in total. The SMILES string of the molecule is CCOc1ccc2c(c1)cc(C(=O)N1CCC[C@H](c3cc4ncccc4[nH]3)C1)n2C. The average molecular weight is 402 g/mol. The molecule has 0 saturated carbocycles. The third kappa shape index (κ3) is 3.22. The van der Waals surface area contributed by atoms with Crippen LogP contribution in [0.3, 0.4) is 0 Å². The van der Waals surface area contributed by atoms with E-state index in [1.807, 2.05) is 66.0 Å². The third-order valence-corrected chi connectivity index (χ3v) is 6.10. The number of benzene rings is 1. The van der Waals surface area contributed by atoms with Gasteiger partial charge < -0.3 is 19.2 Å². The minimum absolute atomic E-state index is 0.0885. The van der Waals surface area contributed by atoms with Crippen molar-refractivity contribution in [3.05, 3.63) is 60.0 Å². The van der Waals surface area contributed by atoms with E-state index in [0.29, 0.717) is 12.5 Å². The summed E-state index contributed by atoms with van der Waals surface area (Å²) in [6, 6.07) is 14.1. The van der Waals surface area contributed by atoms with Crippen LogP contribution in [0.25, 0.3) is 21.9 Å². The molecule has 4 heterocycles. The summed E-state index contributed by atoms with van der Waals surface area (Å²) in [4.78, 5) is 23.3. The second kappa shape index (κ2) is 7.52. The van der Waals surface area contributed by atoms with Gasteiger partial charge in [-0.3, -0.25) is 9.78 Å². The summed E-state index contributed by atoms with van der Waals surface area (Å²) in [6.45, 7) is 4.11. The summed E-state index contributed by atoms with van der Waals surface area (Å²) in [7, 11) is 1.96. The van der Waals surface area contributed by atoms with Crippen molar-refractivity contribution < 1.29 is 9.53 Å². The van der Waals surface area contributed by atoms with Crippen LogP contribution in [0.5, 0.6) is 5.75 Å². The van der Waals surface area contributed by atoms with Crippen LogP contribution in [-0.2, 0) is 7.05 Å². The Hall–Kier alpha value is -3.28. The number of nitrogens with one attached hydrogen (secondary N) is 1. The molecule has 1 aromatic carbocycles. The van der Waals surface area contributed by atoms with E-state index in [4.69, 9.17) is 4.74 Å². The summed E-state index contributed by atoms with van der Waals surface area (Å²) in [5, 5.41) is 1.03. The first kappa shape index (κ1) is 18.7. The Morgan fingerprint density at radius 3 is 3.00 bits per heavy atom. The number of piperidine rings is 1. The van der Waals surface area contributed by atoms with Crippen molar-refractivity contribution in [3.63, 3.8) is 0 Å². The maximum atomic E-state index is 13.4. The number of hydrogen-bond donors (Lipinski definition) is 1. The molecule has 0 bridgehead atoms. The number of H-pyrrole nitrogens is 1. The fourth-order valence-corrected chi connectivity index (χ4v) is 4.56. The minimum atomic E-state index is 0.0885. The molecule has 0 unspecified atom stereocenters. The topological polar surface area (TPSA) is 63.1 Å². The van der Waals surface area contributed by atoms with Crippen molar-refractivity contribution in [1.82, 2.24) is 19.4 Å². The molecule has 30 heavy (non-hydrogen) atoms. The van der Waals surface area contributed by atoms with Crippen molar-refractivity contribution in [1.29, 1.82) is 0 Å². The number of rotatable bonds is 4. The first-order valence-electron chi connectivity index (χ1n) is 10.6. The molecule has 1 aliphatic heterocycles. The Morgan fingerprint density at radius 2 is 2.17 bits per heavy atom. The predicted molar refractivity (Wildman–Crippen MR) is 118 cm³/mol. The number of aromatic nitrogens is 3. The maximum Gasteiger partial charge on any atom is 0.270 e. The van der Waals surface area contributed by atoms with Gasteiger partial charge in [0.05, 0.1) is 17.6 Å². The Morgan fingerprint density at radius 1 is 1.27 bits per heavy atom. The highest BCUT2D eigenvalue weighted by atomic mass is 16.5. The molecule has 6 heteroatoms. The molecule has 1 atom stereocenters. The molecule has 0 radical (unpaired) electrons. The fraction of sp³-hybridized carbons (Fsp3) is 0.333. The molecule has 154 valence electrons. The molecule has 0 spiro atoms. The molecule has 1 N–H and O–H groups in total. The van der Waals surface area contributed by atoms with E-state index >= 15 is 0 Å². The second-order valence-corrected chi connectivity index (χ2v) is 7.99. The van der Waals surface area contributed by atoms with E-state index in [1.54, 1.807) is 0 Å². The number of amides is 1. The highest BCUT2D eigenvalue weighted by Crippen LogP contribution is 2.30. The lowest BCUT2D eigenvalue weighted by Gasteiger charge is -2.32. The molecular formula is C24H26N4O2. The summed E-state index contributed by atoms with van der Waals surface area (Å²) >= 11 is 0. The Bertz CT molecular complexity index is 1190. The van der Waals surface area contributed by atoms with E-state index in [2.05, 4.69) is 16.0 Å². The minimum Gasteiger partial charge on any atom is -0.494 e. The lowest BCUT2D eigenvalue weighted by Crippen LogP contribution is -2.39. The van der Waals surface area contributed by atoms with E-state index in [-0.39, 0.29) is 5.91 Å². The summed E-state index contributed by atoms with van der Waals surface area (Å²) in [5.74, 6) is 1.22. The fourth-order valence-electron chi connectivity index (χ4n) is 4.56. The van der Waals surface area contributed by atoms with E-state index < -0.39 is 0 Å². The van der Waals surface area contributed by atoms with Gasteiger partial charge in [-0.15, -0.1) is 0 Å². The van der Waals surface area contributed by atoms with Gasteiger partial charge in [0, 0.05) is 48.8 Å². The van der Waals surface area contributed by atoms with Crippen LogP contribution in [0.4, 0.5) is 0 Å². The Kier molecular flexibility index (Phi) is 4.69. The van der Waals surface area contributed by atoms with Crippen LogP contribution in [0, 0.1) is 0 Å². The van der Waals surface area contributed by atoms with Crippen LogP contribution < -0.4 is 4.74 Å². The molecule has 1 saturated heterocycles. The first-order chi connectivity index (χ1) is 14.6. The van der Waals surface area contributed by atoms with Gasteiger partial charge in [-0.2, -0.15) is 0 Å². The van der Waals surface area contributed by atoms with E-state index in [0.717, 1.165) is 59.3 Å². The van der Waals surface area contributed by atoms with Crippen LogP contribution >= 0.6 is 0 Å². The van der Waals surface area contributed by atoms with Crippen molar-refractivity contribution in [2.75, 3.05) is 19.7 Å². The lowest BCUT2D eigenvalue weighted by atomic mass is 9.94. The molecule has 4 aromatic rings. The van der Waals surface area contributed by atoms with Crippen molar-refractivity contribution in [2.45, 2.75) is 25.7 Å². The molecular weight excluding hydrogens is 376 g/mol. The lowest BCUT2D eigenvalue weighted by molar-refractivity contribution is 0.0697. The zero-order chi connectivity index (χ0) is 20.7. The molecule has 3 aromatic heterocycles. The van der Waals surface area contributed by atoms with E-state index in [9.17, 15) is 4.79 Å². The number of carbonyl (C=O) groups excluding carboxylic acids is 1. The highest BCUT2D eigenvalue weighted by molar-refractivity contribution is 5.99. The van der Waals surface area contributed by atoms with E-state index in [1.165, 1.54) is 5.69 Å². The summed E-state index contributed by atoms with van der Waals surface area (Å²) < 4.78 is 7.60. The largest absolute Gasteiger partial charge is 0.494 e. The van der Waals surface area contributed by atoms with Crippen molar-refractivity contribution >= 4 is 27.8 Å². The number of aryl methyl sites for hydroxylation is 1. The summed E-state index contributed by atoms with van der Waals surface area (Å²) in [6.07, 6.45) is 3.88. The van der Waals surface area contributed by atoms with Gasteiger partial charge in [0.2, 0.25) is 0 Å². The van der Waals surface area contributed by atoms with Gasteiger partial charge in [0.15, 0.2) is 0 Å². The number of ether oxygens (including phenoxy) is 1. The molecule has 0 aliphatic carbocycles. The van der Waals surface area contributed by atoms with Crippen LogP contribution in [-0.4, -0.2) is 45.0 Å². The second-order valence-electron chi connectivity index (χ2n) is 7.99. The van der Waals surface area contributed by atoms with Crippen molar-refractivity contribution in [2.24, 2.45) is 7.05 Å². The maximum absolute atomic E-state index is 13.4. The number of likely N-dealkylation sites (tertiary alicyclic amines) is 1. The van der Waals surface area contributed by atoms with Gasteiger partial charge in [-0.25, -0.2) is 0 Å². The quantitative estimate of drug-likeness (QED) is 0.548. The first-order valence-corrected chi connectivity index (χ1v) is 10.6. The standard InChI is InChI=1S/C24H26N4O2/c1-3-30-18-8-9-22-17(12-18)13-23(27(22)2)24(29)28-11-5-6-16(15-28)20-14-21-19(26-20)7-4-10-25-21/h4,7-10,12-14,16,26H,3,5-6,11,15H2,1-2H3/t16-/m0/s1. The van der Waals surface area contributed by atoms with Crippen molar-refractivity contribution in [3.8, 4) is 5.75 Å².